The minimum Gasteiger partial charge on any atom is -0.316 e. The molecular weight excluding hydrogens is 192 g/mol. The van der Waals surface area contributed by atoms with E-state index in [4.69, 9.17) is 0 Å². The zero-order chi connectivity index (χ0) is 11.2. The number of fused-ring (bicyclic) bond motifs is 1. The molecule has 0 saturated heterocycles. The molecule has 4 nitrogen and oxygen atoms in total. The molecule has 0 aliphatic rings. The van der Waals surface area contributed by atoms with E-state index in [1.807, 2.05) is 26.0 Å². The third-order valence-electron chi connectivity index (χ3n) is 2.72. The first-order chi connectivity index (χ1) is 7.00. The quantitative estimate of drug-likeness (QED) is 0.646. The first-order valence-corrected chi connectivity index (χ1v) is 4.71. The van der Waals surface area contributed by atoms with Crippen LogP contribution in [-0.2, 0) is 7.05 Å². The van der Waals surface area contributed by atoms with E-state index in [1.165, 1.54) is 4.57 Å². The molecule has 1 aromatic heterocycles. The third kappa shape index (κ3) is 1.38. The van der Waals surface area contributed by atoms with E-state index in [0.29, 0.717) is 5.52 Å². The van der Waals surface area contributed by atoms with Crippen LogP contribution in [0.2, 0.25) is 0 Å². The van der Waals surface area contributed by atoms with Gasteiger partial charge in [-0.05, 0) is 37.1 Å². The van der Waals surface area contributed by atoms with Gasteiger partial charge in [-0.3, -0.25) is 9.59 Å². The van der Waals surface area contributed by atoms with Gasteiger partial charge in [0.15, 0.2) is 0 Å². The lowest BCUT2D eigenvalue weighted by Gasteiger charge is -2.06. The van der Waals surface area contributed by atoms with Gasteiger partial charge in [0.25, 0.3) is 0 Å². The topological polar surface area (TPSA) is 54.9 Å². The van der Waals surface area contributed by atoms with Crippen LogP contribution in [-0.4, -0.2) is 9.55 Å². The van der Waals surface area contributed by atoms with Crippen molar-refractivity contribution in [2.24, 2.45) is 7.05 Å². The molecule has 2 rings (SSSR count). The Kier molecular flexibility index (Phi) is 2.00. The fraction of sp³-hybridized carbons (Fsp3) is 0.273. The SMILES string of the molecule is Cc1cc2[nH]c(=O)c(=O)n(C)c2cc1C. The fourth-order valence-electron chi connectivity index (χ4n) is 1.62. The Hall–Kier alpha value is -1.84. The summed E-state index contributed by atoms with van der Waals surface area (Å²) in [7, 11) is 1.61. The van der Waals surface area contributed by atoms with Crippen molar-refractivity contribution in [3.63, 3.8) is 0 Å². The van der Waals surface area contributed by atoms with E-state index < -0.39 is 11.1 Å². The number of aryl methyl sites for hydroxylation is 3. The molecule has 0 fully saturated rings. The second-order valence-corrected chi connectivity index (χ2v) is 3.77. The number of nitrogens with zero attached hydrogens (tertiary/aromatic N) is 1. The molecule has 1 aromatic carbocycles. The lowest BCUT2D eigenvalue weighted by molar-refractivity contribution is 0.872. The highest BCUT2D eigenvalue weighted by Crippen LogP contribution is 2.14. The van der Waals surface area contributed by atoms with E-state index in [-0.39, 0.29) is 0 Å². The molecule has 2 aromatic rings. The van der Waals surface area contributed by atoms with Crippen LogP contribution < -0.4 is 11.1 Å². The zero-order valence-electron chi connectivity index (χ0n) is 8.92. The van der Waals surface area contributed by atoms with Gasteiger partial charge in [-0.1, -0.05) is 0 Å². The minimum atomic E-state index is -0.576. The number of aromatic nitrogens is 2. The Morgan fingerprint density at radius 3 is 2.40 bits per heavy atom. The van der Waals surface area contributed by atoms with Crippen LogP contribution in [0.5, 0.6) is 0 Å². The number of hydrogen-bond acceptors (Lipinski definition) is 2. The molecule has 1 N–H and O–H groups in total. The summed E-state index contributed by atoms with van der Waals surface area (Å²) in [4.78, 5) is 25.2. The zero-order valence-corrected chi connectivity index (χ0v) is 8.92. The maximum Gasteiger partial charge on any atom is 0.316 e. The number of rotatable bonds is 0. The summed E-state index contributed by atoms with van der Waals surface area (Å²) >= 11 is 0. The van der Waals surface area contributed by atoms with Crippen molar-refractivity contribution < 1.29 is 0 Å². The summed E-state index contributed by atoms with van der Waals surface area (Å²) in [5, 5.41) is 0. The summed E-state index contributed by atoms with van der Waals surface area (Å²) in [5.74, 6) is 0. The summed E-state index contributed by atoms with van der Waals surface area (Å²) in [5.41, 5.74) is 2.55. The van der Waals surface area contributed by atoms with Gasteiger partial charge in [0.2, 0.25) is 0 Å². The Morgan fingerprint density at radius 1 is 1.13 bits per heavy atom. The van der Waals surface area contributed by atoms with E-state index in [2.05, 4.69) is 4.98 Å². The molecule has 0 saturated carbocycles. The molecule has 0 spiro atoms. The lowest BCUT2D eigenvalue weighted by Crippen LogP contribution is -2.34. The van der Waals surface area contributed by atoms with Crippen molar-refractivity contribution in [2.75, 3.05) is 0 Å². The smallest absolute Gasteiger partial charge is 0.316 e. The van der Waals surface area contributed by atoms with Crippen molar-refractivity contribution in [3.05, 3.63) is 44.0 Å². The molecule has 1 heterocycles. The predicted octanol–water partition coefficient (Wildman–Crippen LogP) is 0.844. The largest absolute Gasteiger partial charge is 0.316 e. The molecule has 78 valence electrons. The number of hydrogen-bond donors (Lipinski definition) is 1. The first kappa shape index (κ1) is 9.71. The molecule has 0 radical (unpaired) electrons. The number of H-pyrrole nitrogens is 1. The molecule has 4 heteroatoms. The fourth-order valence-corrected chi connectivity index (χ4v) is 1.62. The molecule has 0 atom stereocenters. The second-order valence-electron chi connectivity index (χ2n) is 3.77. The molecule has 0 amide bonds. The second kappa shape index (κ2) is 3.08. The van der Waals surface area contributed by atoms with Gasteiger partial charge in [-0.2, -0.15) is 0 Å². The van der Waals surface area contributed by atoms with Gasteiger partial charge in [-0.25, -0.2) is 0 Å². The van der Waals surface area contributed by atoms with Gasteiger partial charge < -0.3 is 9.55 Å². The van der Waals surface area contributed by atoms with Crippen molar-refractivity contribution in [2.45, 2.75) is 13.8 Å². The van der Waals surface area contributed by atoms with Gasteiger partial charge >= 0.3 is 11.1 Å². The van der Waals surface area contributed by atoms with Crippen molar-refractivity contribution >= 4 is 11.0 Å². The molecule has 0 aliphatic heterocycles. The Morgan fingerprint density at radius 2 is 1.73 bits per heavy atom. The maximum atomic E-state index is 11.4. The Bertz CT molecular complexity index is 650. The molecular formula is C11H12N2O2. The van der Waals surface area contributed by atoms with Gasteiger partial charge in [0, 0.05) is 7.05 Å². The van der Waals surface area contributed by atoms with Crippen LogP contribution in [0.1, 0.15) is 11.1 Å². The van der Waals surface area contributed by atoms with Crippen LogP contribution in [0.3, 0.4) is 0 Å². The summed E-state index contributed by atoms with van der Waals surface area (Å²) in [6, 6.07) is 3.79. The molecule has 0 bridgehead atoms. The number of nitrogens with one attached hydrogen (secondary N) is 1. The highest BCUT2D eigenvalue weighted by molar-refractivity contribution is 5.76. The number of aromatic amines is 1. The Balaban J connectivity index is 3.06. The third-order valence-corrected chi connectivity index (χ3v) is 2.72. The predicted molar refractivity (Wildman–Crippen MR) is 59.3 cm³/mol. The Labute approximate surface area is 86.2 Å². The normalized spacial score (nSPS) is 10.9. The van der Waals surface area contributed by atoms with E-state index in [9.17, 15) is 9.59 Å². The molecule has 15 heavy (non-hydrogen) atoms. The van der Waals surface area contributed by atoms with Crippen molar-refractivity contribution in [1.29, 1.82) is 0 Å². The summed E-state index contributed by atoms with van der Waals surface area (Å²) in [6.07, 6.45) is 0. The maximum absolute atomic E-state index is 11.4. The van der Waals surface area contributed by atoms with Crippen molar-refractivity contribution in [1.82, 2.24) is 9.55 Å². The highest BCUT2D eigenvalue weighted by Gasteiger charge is 2.05. The average molecular weight is 204 g/mol. The van der Waals surface area contributed by atoms with Crippen LogP contribution in [0, 0.1) is 13.8 Å². The van der Waals surface area contributed by atoms with Gasteiger partial charge in [-0.15, -0.1) is 0 Å². The lowest BCUT2D eigenvalue weighted by atomic mass is 10.1. The van der Waals surface area contributed by atoms with Gasteiger partial charge in [0.05, 0.1) is 11.0 Å². The van der Waals surface area contributed by atoms with Crippen LogP contribution in [0.25, 0.3) is 11.0 Å². The first-order valence-electron chi connectivity index (χ1n) is 4.71. The van der Waals surface area contributed by atoms with Crippen molar-refractivity contribution in [3.8, 4) is 0 Å². The van der Waals surface area contributed by atoms with Crippen LogP contribution in [0.4, 0.5) is 0 Å². The van der Waals surface area contributed by atoms with E-state index in [0.717, 1.165) is 16.6 Å². The molecule has 0 aliphatic carbocycles. The van der Waals surface area contributed by atoms with Gasteiger partial charge in [0.1, 0.15) is 0 Å². The average Bonchev–Trinajstić information content (AvgIpc) is 2.19. The van der Waals surface area contributed by atoms with Crippen LogP contribution in [0.15, 0.2) is 21.7 Å². The minimum absolute atomic E-state index is 0.522. The summed E-state index contributed by atoms with van der Waals surface area (Å²) < 4.78 is 1.38. The summed E-state index contributed by atoms with van der Waals surface area (Å²) in [6.45, 7) is 3.95. The van der Waals surface area contributed by atoms with Crippen LogP contribution >= 0.6 is 0 Å². The van der Waals surface area contributed by atoms with E-state index >= 15 is 0 Å². The number of benzene rings is 1. The highest BCUT2D eigenvalue weighted by atomic mass is 16.2. The molecule has 0 unspecified atom stereocenters. The monoisotopic (exact) mass is 204 g/mol. The standard InChI is InChI=1S/C11H12N2O2/c1-6-4-8-9(5-7(6)2)13(3)11(15)10(14)12-8/h4-5H,1-3H3,(H,12,14). The van der Waals surface area contributed by atoms with E-state index in [1.54, 1.807) is 7.05 Å².